The van der Waals surface area contributed by atoms with Gasteiger partial charge in [-0.1, -0.05) is 6.07 Å². The summed E-state index contributed by atoms with van der Waals surface area (Å²) >= 11 is 0. The van der Waals surface area contributed by atoms with Crippen molar-refractivity contribution in [3.8, 4) is 17.2 Å². The molecule has 1 N–H and O–H groups in total. The fourth-order valence-corrected chi connectivity index (χ4v) is 3.20. The molecule has 1 aromatic carbocycles. The molecular weight excluding hydrogens is 347 g/mol. The van der Waals surface area contributed by atoms with E-state index in [1.54, 1.807) is 36.7 Å². The van der Waals surface area contributed by atoms with Gasteiger partial charge in [0.15, 0.2) is 17.3 Å². The number of aromatic nitrogens is 1. The monoisotopic (exact) mass is 362 g/mol. The van der Waals surface area contributed by atoms with Crippen molar-refractivity contribution in [2.45, 2.75) is 11.4 Å². The highest BCUT2D eigenvalue weighted by molar-refractivity contribution is 7.89. The Morgan fingerprint density at radius 3 is 2.68 bits per heavy atom. The average Bonchev–Trinajstić information content (AvgIpc) is 3.15. The third-order valence-electron chi connectivity index (χ3n) is 3.50. The lowest BCUT2D eigenvalue weighted by Gasteiger charge is -2.08. The van der Waals surface area contributed by atoms with Crippen LogP contribution in [0.15, 0.2) is 64.2 Å². The quantitative estimate of drug-likeness (QED) is 0.729. The minimum atomic E-state index is -3.85. The number of pyridine rings is 1. The van der Waals surface area contributed by atoms with E-state index in [1.807, 2.05) is 0 Å². The molecule has 0 aliphatic heterocycles. The van der Waals surface area contributed by atoms with Crippen molar-refractivity contribution in [2.24, 2.45) is 0 Å². The predicted molar refractivity (Wildman–Crippen MR) is 88.9 cm³/mol. The molecule has 0 fully saturated rings. The topological polar surface area (TPSA) is 81.4 Å². The van der Waals surface area contributed by atoms with E-state index >= 15 is 0 Å². The van der Waals surface area contributed by atoms with Crippen LogP contribution in [0.3, 0.4) is 0 Å². The molecule has 0 saturated carbocycles. The highest BCUT2D eigenvalue weighted by Gasteiger charge is 2.16. The van der Waals surface area contributed by atoms with Crippen LogP contribution in [0.25, 0.3) is 11.5 Å². The summed E-state index contributed by atoms with van der Waals surface area (Å²) in [6.45, 7) is 0.0292. The number of benzene rings is 1. The second kappa shape index (κ2) is 7.04. The maximum atomic E-state index is 13.7. The van der Waals surface area contributed by atoms with Crippen LogP contribution >= 0.6 is 0 Å². The van der Waals surface area contributed by atoms with Crippen LogP contribution in [0.5, 0.6) is 5.75 Å². The standard InChI is InChI=1S/C17H15FN2O4S/c1-23-16-7-5-13(9-14(16)18)25(21,22)20-11-12-4-6-15(19-10-12)17-3-2-8-24-17/h2-10,20H,11H2,1H3. The summed E-state index contributed by atoms with van der Waals surface area (Å²) in [6.07, 6.45) is 3.10. The van der Waals surface area contributed by atoms with Crippen molar-refractivity contribution in [2.75, 3.05) is 7.11 Å². The predicted octanol–water partition coefficient (Wildman–Crippen LogP) is 2.97. The first-order chi connectivity index (χ1) is 12.0. The average molecular weight is 362 g/mol. The third-order valence-corrected chi connectivity index (χ3v) is 4.90. The second-order valence-electron chi connectivity index (χ2n) is 5.15. The fourth-order valence-electron chi connectivity index (χ4n) is 2.18. The Kier molecular flexibility index (Phi) is 4.82. The summed E-state index contributed by atoms with van der Waals surface area (Å²) in [4.78, 5) is 4.05. The lowest BCUT2D eigenvalue weighted by molar-refractivity contribution is 0.385. The Labute approximate surface area is 144 Å². The normalized spacial score (nSPS) is 11.4. The molecule has 0 bridgehead atoms. The van der Waals surface area contributed by atoms with Crippen LogP contribution in [0.2, 0.25) is 0 Å². The van der Waals surface area contributed by atoms with E-state index in [0.29, 0.717) is 17.0 Å². The molecule has 0 saturated heterocycles. The lowest BCUT2D eigenvalue weighted by atomic mass is 10.2. The summed E-state index contributed by atoms with van der Waals surface area (Å²) in [6, 6.07) is 10.5. The van der Waals surface area contributed by atoms with Gasteiger partial charge >= 0.3 is 0 Å². The van der Waals surface area contributed by atoms with Gasteiger partial charge in [-0.2, -0.15) is 0 Å². The number of halogens is 1. The number of hydrogen-bond acceptors (Lipinski definition) is 5. The molecule has 130 valence electrons. The van der Waals surface area contributed by atoms with Crippen molar-refractivity contribution < 1.29 is 22.0 Å². The molecule has 0 unspecified atom stereocenters. The van der Waals surface area contributed by atoms with Crippen molar-refractivity contribution in [3.63, 3.8) is 0 Å². The number of nitrogens with one attached hydrogen (secondary N) is 1. The molecule has 0 spiro atoms. The maximum absolute atomic E-state index is 13.7. The smallest absolute Gasteiger partial charge is 0.240 e. The molecule has 8 heteroatoms. The van der Waals surface area contributed by atoms with E-state index < -0.39 is 15.8 Å². The summed E-state index contributed by atoms with van der Waals surface area (Å²) in [5.41, 5.74) is 1.31. The number of hydrogen-bond donors (Lipinski definition) is 1. The molecule has 3 aromatic rings. The summed E-state index contributed by atoms with van der Waals surface area (Å²) in [7, 11) is -2.54. The Bertz CT molecular complexity index is 955. The first-order valence-electron chi connectivity index (χ1n) is 7.31. The van der Waals surface area contributed by atoms with Crippen molar-refractivity contribution in [1.82, 2.24) is 9.71 Å². The van der Waals surface area contributed by atoms with Crippen LogP contribution < -0.4 is 9.46 Å². The van der Waals surface area contributed by atoms with Gasteiger partial charge in [-0.05, 0) is 42.0 Å². The van der Waals surface area contributed by atoms with Gasteiger partial charge in [0.2, 0.25) is 10.0 Å². The molecule has 0 aliphatic carbocycles. The van der Waals surface area contributed by atoms with E-state index in [0.717, 1.165) is 6.07 Å². The van der Waals surface area contributed by atoms with Gasteiger partial charge in [-0.3, -0.25) is 4.98 Å². The zero-order chi connectivity index (χ0) is 17.9. The van der Waals surface area contributed by atoms with E-state index in [2.05, 4.69) is 9.71 Å². The maximum Gasteiger partial charge on any atom is 0.240 e. The number of rotatable bonds is 6. The van der Waals surface area contributed by atoms with Crippen LogP contribution in [-0.4, -0.2) is 20.5 Å². The highest BCUT2D eigenvalue weighted by atomic mass is 32.2. The molecule has 25 heavy (non-hydrogen) atoms. The van der Waals surface area contributed by atoms with E-state index in [-0.39, 0.29) is 17.2 Å². The van der Waals surface area contributed by atoms with E-state index in [1.165, 1.54) is 19.2 Å². The first-order valence-corrected chi connectivity index (χ1v) is 8.80. The highest BCUT2D eigenvalue weighted by Crippen LogP contribution is 2.21. The summed E-state index contributed by atoms with van der Waals surface area (Å²) in [5, 5.41) is 0. The molecule has 2 aromatic heterocycles. The van der Waals surface area contributed by atoms with Gasteiger partial charge < -0.3 is 9.15 Å². The van der Waals surface area contributed by atoms with Crippen molar-refractivity contribution in [1.29, 1.82) is 0 Å². The van der Waals surface area contributed by atoms with Gasteiger partial charge in [0, 0.05) is 12.7 Å². The Morgan fingerprint density at radius 1 is 1.24 bits per heavy atom. The van der Waals surface area contributed by atoms with Crippen LogP contribution in [0.1, 0.15) is 5.56 Å². The minimum absolute atomic E-state index is 0.0170. The zero-order valence-corrected chi connectivity index (χ0v) is 14.1. The number of furan rings is 1. The third kappa shape index (κ3) is 3.86. The molecule has 0 atom stereocenters. The number of methoxy groups -OCH3 is 1. The zero-order valence-electron chi connectivity index (χ0n) is 13.3. The van der Waals surface area contributed by atoms with Gasteiger partial charge in [0.25, 0.3) is 0 Å². The summed E-state index contributed by atoms with van der Waals surface area (Å²) < 4.78 is 50.6. The second-order valence-corrected chi connectivity index (χ2v) is 6.92. The molecule has 3 rings (SSSR count). The SMILES string of the molecule is COc1ccc(S(=O)(=O)NCc2ccc(-c3ccco3)nc2)cc1F. The molecule has 0 aliphatic rings. The fraction of sp³-hybridized carbons (Fsp3) is 0.118. The summed E-state index contributed by atoms with van der Waals surface area (Å²) in [5.74, 6) is -0.132. The number of ether oxygens (including phenoxy) is 1. The van der Waals surface area contributed by atoms with Crippen molar-refractivity contribution >= 4 is 10.0 Å². The number of sulfonamides is 1. The molecule has 0 radical (unpaired) electrons. The first kappa shape index (κ1) is 17.1. The van der Waals surface area contributed by atoms with Crippen LogP contribution in [0, 0.1) is 5.82 Å². The largest absolute Gasteiger partial charge is 0.494 e. The minimum Gasteiger partial charge on any atom is -0.494 e. The van der Waals surface area contributed by atoms with Crippen LogP contribution in [0.4, 0.5) is 4.39 Å². The van der Waals surface area contributed by atoms with Gasteiger partial charge in [-0.15, -0.1) is 0 Å². The van der Waals surface area contributed by atoms with E-state index in [9.17, 15) is 12.8 Å². The Hall–Kier alpha value is -2.71. The molecule has 0 amide bonds. The Balaban J connectivity index is 1.71. The molecule has 6 nitrogen and oxygen atoms in total. The molecular formula is C17H15FN2O4S. The van der Waals surface area contributed by atoms with E-state index in [4.69, 9.17) is 9.15 Å². The van der Waals surface area contributed by atoms with Crippen LogP contribution in [-0.2, 0) is 16.6 Å². The lowest BCUT2D eigenvalue weighted by Crippen LogP contribution is -2.23. The molecule has 2 heterocycles. The van der Waals surface area contributed by atoms with Gasteiger partial charge in [0.05, 0.1) is 18.3 Å². The van der Waals surface area contributed by atoms with Gasteiger partial charge in [-0.25, -0.2) is 17.5 Å². The Morgan fingerprint density at radius 2 is 2.08 bits per heavy atom. The number of nitrogens with zero attached hydrogens (tertiary/aromatic N) is 1. The van der Waals surface area contributed by atoms with Gasteiger partial charge in [0.1, 0.15) is 5.69 Å². The van der Waals surface area contributed by atoms with Crippen molar-refractivity contribution in [3.05, 3.63) is 66.3 Å².